The molecule has 0 aliphatic rings. The van der Waals surface area contributed by atoms with Crippen LogP contribution < -0.4 is 10.1 Å². The number of hydrogen-bond acceptors (Lipinski definition) is 4. The van der Waals surface area contributed by atoms with Crippen LogP contribution >= 0.6 is 11.6 Å². The minimum Gasteiger partial charge on any atom is -0.481 e. The molecule has 1 N–H and O–H groups in total. The Bertz CT molecular complexity index is 489. The average Bonchev–Trinajstić information content (AvgIpc) is 2.36. The molecule has 6 heteroatoms. The monoisotopic (exact) mass is 298 g/mol. The fraction of sp³-hybridized carbons (Fsp3) is 0.429. The Kier molecular flexibility index (Phi) is 6.48. The normalized spacial score (nSPS) is 10.6. The van der Waals surface area contributed by atoms with Gasteiger partial charge in [0.05, 0.1) is 4.92 Å². The van der Waals surface area contributed by atoms with Crippen LogP contribution in [0.1, 0.15) is 19.4 Å². The van der Waals surface area contributed by atoms with Crippen LogP contribution in [0.5, 0.6) is 5.75 Å². The molecule has 1 rings (SSSR count). The smallest absolute Gasteiger partial charge is 0.311 e. The van der Waals surface area contributed by atoms with Gasteiger partial charge in [-0.15, -0.1) is 0 Å². The zero-order valence-corrected chi connectivity index (χ0v) is 12.4. The van der Waals surface area contributed by atoms with Crippen LogP contribution in [0.4, 0.5) is 5.69 Å². The summed E-state index contributed by atoms with van der Waals surface area (Å²) in [7, 11) is 0. The van der Waals surface area contributed by atoms with Crippen molar-refractivity contribution in [2.45, 2.75) is 20.4 Å². The number of nitro groups is 1. The minimum atomic E-state index is -0.460. The maximum atomic E-state index is 11.1. The third-order valence-electron chi connectivity index (χ3n) is 2.49. The predicted octanol–water partition coefficient (Wildman–Crippen LogP) is 3.47. The van der Waals surface area contributed by atoms with E-state index in [1.165, 1.54) is 6.07 Å². The zero-order valence-electron chi connectivity index (χ0n) is 11.7. The second-order valence-corrected chi connectivity index (χ2v) is 5.42. The van der Waals surface area contributed by atoms with Crippen molar-refractivity contribution < 1.29 is 9.66 Å². The van der Waals surface area contributed by atoms with Gasteiger partial charge >= 0.3 is 5.69 Å². The van der Waals surface area contributed by atoms with E-state index in [1.807, 2.05) is 0 Å². The van der Waals surface area contributed by atoms with Crippen LogP contribution in [0.3, 0.4) is 0 Å². The molecule has 20 heavy (non-hydrogen) atoms. The second-order valence-electron chi connectivity index (χ2n) is 4.89. The molecule has 0 saturated heterocycles. The van der Waals surface area contributed by atoms with Gasteiger partial charge in [-0.1, -0.05) is 38.1 Å². The lowest BCUT2D eigenvalue weighted by Gasteiger charge is -2.09. The molecule has 0 heterocycles. The number of ether oxygens (including phenoxy) is 1. The van der Waals surface area contributed by atoms with Gasteiger partial charge in [-0.2, -0.15) is 0 Å². The number of nitro benzene ring substituents is 1. The first kappa shape index (κ1) is 16.5. The Morgan fingerprint density at radius 1 is 1.55 bits per heavy atom. The average molecular weight is 299 g/mol. The van der Waals surface area contributed by atoms with Crippen molar-refractivity contribution in [1.29, 1.82) is 0 Å². The number of nitrogens with one attached hydrogen (secondary N) is 1. The lowest BCUT2D eigenvalue weighted by molar-refractivity contribution is -0.385. The van der Waals surface area contributed by atoms with Crippen LogP contribution in [0.25, 0.3) is 0 Å². The van der Waals surface area contributed by atoms with Crippen LogP contribution in [-0.4, -0.2) is 18.1 Å². The van der Waals surface area contributed by atoms with Gasteiger partial charge in [-0.25, -0.2) is 0 Å². The first-order chi connectivity index (χ1) is 9.40. The number of nitrogens with zero attached hydrogens (tertiary/aromatic N) is 1. The topological polar surface area (TPSA) is 64.4 Å². The molecule has 1 aromatic carbocycles. The van der Waals surface area contributed by atoms with E-state index in [-0.39, 0.29) is 18.0 Å². The highest BCUT2D eigenvalue weighted by molar-refractivity contribution is 6.29. The minimum absolute atomic E-state index is 0.0490. The molecule has 0 fully saturated rings. The van der Waals surface area contributed by atoms with Crippen molar-refractivity contribution in [3.05, 3.63) is 45.5 Å². The standard InChI is InChI=1S/C14H19ClN2O3/c1-10(2)7-16-8-12-4-5-14(20-9-11(3)15)13(6-12)17(18)19/h4-6,10,16H,3,7-9H2,1-2H3. The fourth-order valence-electron chi connectivity index (χ4n) is 1.60. The highest BCUT2D eigenvalue weighted by atomic mass is 35.5. The molecule has 0 aromatic heterocycles. The van der Waals surface area contributed by atoms with E-state index in [0.717, 1.165) is 12.1 Å². The first-order valence-electron chi connectivity index (χ1n) is 6.34. The van der Waals surface area contributed by atoms with Crippen LogP contribution in [0, 0.1) is 16.0 Å². The summed E-state index contributed by atoms with van der Waals surface area (Å²) in [6.45, 7) is 9.18. The molecule has 0 amide bonds. The summed E-state index contributed by atoms with van der Waals surface area (Å²) in [6, 6.07) is 4.90. The van der Waals surface area contributed by atoms with Crippen LogP contribution in [0.2, 0.25) is 0 Å². The Labute approximate surface area is 123 Å². The lowest BCUT2D eigenvalue weighted by atomic mass is 10.1. The molecule has 5 nitrogen and oxygen atoms in total. The summed E-state index contributed by atoms with van der Waals surface area (Å²) in [5.41, 5.74) is 0.779. The van der Waals surface area contributed by atoms with E-state index in [0.29, 0.717) is 17.5 Å². The first-order valence-corrected chi connectivity index (χ1v) is 6.72. The maximum absolute atomic E-state index is 11.1. The molecule has 0 unspecified atom stereocenters. The van der Waals surface area contributed by atoms with E-state index < -0.39 is 4.92 Å². The Morgan fingerprint density at radius 2 is 2.25 bits per heavy atom. The summed E-state index contributed by atoms with van der Waals surface area (Å²) in [5.74, 6) is 0.728. The van der Waals surface area contributed by atoms with Gasteiger partial charge in [0.25, 0.3) is 0 Å². The van der Waals surface area contributed by atoms with Gasteiger partial charge in [0.15, 0.2) is 5.75 Å². The molecule has 110 valence electrons. The van der Waals surface area contributed by atoms with Gasteiger partial charge < -0.3 is 10.1 Å². The highest BCUT2D eigenvalue weighted by Gasteiger charge is 2.16. The van der Waals surface area contributed by atoms with Crippen molar-refractivity contribution in [2.24, 2.45) is 5.92 Å². The van der Waals surface area contributed by atoms with Crippen molar-refractivity contribution in [3.63, 3.8) is 0 Å². The maximum Gasteiger partial charge on any atom is 0.311 e. The molecule has 0 bridgehead atoms. The zero-order chi connectivity index (χ0) is 15.1. The molecular formula is C14H19ClN2O3. The van der Waals surface area contributed by atoms with Gasteiger partial charge in [-0.05, 0) is 24.1 Å². The summed E-state index contributed by atoms with van der Waals surface area (Å²) in [6.07, 6.45) is 0. The summed E-state index contributed by atoms with van der Waals surface area (Å²) >= 11 is 5.59. The van der Waals surface area contributed by atoms with Crippen LogP contribution in [0.15, 0.2) is 29.8 Å². The van der Waals surface area contributed by atoms with Gasteiger partial charge in [0.2, 0.25) is 0 Å². The van der Waals surface area contributed by atoms with Gasteiger partial charge in [0, 0.05) is 17.6 Å². The Hall–Kier alpha value is -1.59. The second kappa shape index (κ2) is 7.87. The number of halogens is 1. The van der Waals surface area contributed by atoms with E-state index in [1.54, 1.807) is 12.1 Å². The molecule has 0 radical (unpaired) electrons. The summed E-state index contributed by atoms with van der Waals surface area (Å²) in [4.78, 5) is 10.6. The molecule has 1 aromatic rings. The van der Waals surface area contributed by atoms with E-state index in [4.69, 9.17) is 16.3 Å². The quantitative estimate of drug-likeness (QED) is 0.589. The largest absolute Gasteiger partial charge is 0.481 e. The SMILES string of the molecule is C=C(Cl)COc1ccc(CNCC(C)C)cc1[N+](=O)[O-]. The molecule has 0 aliphatic heterocycles. The lowest BCUT2D eigenvalue weighted by Crippen LogP contribution is -2.19. The fourth-order valence-corrected chi connectivity index (χ4v) is 1.65. The van der Waals surface area contributed by atoms with Crippen molar-refractivity contribution in [3.8, 4) is 5.75 Å². The van der Waals surface area contributed by atoms with E-state index in [9.17, 15) is 10.1 Å². The summed E-state index contributed by atoms with van der Waals surface area (Å²) < 4.78 is 5.26. The van der Waals surface area contributed by atoms with Gasteiger partial charge in [-0.3, -0.25) is 10.1 Å². The molecule has 0 saturated carbocycles. The van der Waals surface area contributed by atoms with E-state index in [2.05, 4.69) is 25.7 Å². The number of hydrogen-bond donors (Lipinski definition) is 1. The summed E-state index contributed by atoms with van der Waals surface area (Å²) in [5, 5.41) is 14.6. The van der Waals surface area contributed by atoms with E-state index >= 15 is 0 Å². The van der Waals surface area contributed by atoms with Gasteiger partial charge in [0.1, 0.15) is 6.61 Å². The number of benzene rings is 1. The third kappa shape index (κ3) is 5.59. The number of rotatable bonds is 8. The predicted molar refractivity (Wildman–Crippen MR) is 80.1 cm³/mol. The third-order valence-corrected chi connectivity index (χ3v) is 2.60. The van der Waals surface area contributed by atoms with Crippen molar-refractivity contribution in [2.75, 3.05) is 13.2 Å². The molecular weight excluding hydrogens is 280 g/mol. The Morgan fingerprint density at radius 3 is 2.80 bits per heavy atom. The van der Waals surface area contributed by atoms with Crippen LogP contribution in [-0.2, 0) is 6.54 Å². The molecule has 0 spiro atoms. The molecule has 0 aliphatic carbocycles. The molecule has 0 atom stereocenters. The highest BCUT2D eigenvalue weighted by Crippen LogP contribution is 2.28. The van der Waals surface area contributed by atoms with Crippen molar-refractivity contribution in [1.82, 2.24) is 5.32 Å². The van der Waals surface area contributed by atoms with Crippen molar-refractivity contribution >= 4 is 17.3 Å². The Balaban J connectivity index is 2.78.